The van der Waals surface area contributed by atoms with Gasteiger partial charge in [0, 0.05) is 18.2 Å². The molecular weight excluding hydrogens is 246 g/mol. The SMILES string of the molecule is CC(COc1cc(F)cc(F)c1)CC1CCCCC1. The van der Waals surface area contributed by atoms with Crippen LogP contribution in [0.25, 0.3) is 0 Å². The summed E-state index contributed by atoms with van der Waals surface area (Å²) in [5, 5.41) is 0. The first-order chi connectivity index (χ1) is 9.13. The second-order valence-corrected chi connectivity index (χ2v) is 5.76. The maximum absolute atomic E-state index is 13.0. The van der Waals surface area contributed by atoms with E-state index >= 15 is 0 Å². The van der Waals surface area contributed by atoms with Crippen molar-refractivity contribution < 1.29 is 13.5 Å². The van der Waals surface area contributed by atoms with Crippen molar-refractivity contribution in [3.8, 4) is 5.75 Å². The molecule has 1 aromatic rings. The number of halogens is 2. The minimum absolute atomic E-state index is 0.285. The van der Waals surface area contributed by atoms with Crippen LogP contribution in [0.15, 0.2) is 18.2 Å². The van der Waals surface area contributed by atoms with Gasteiger partial charge in [0.2, 0.25) is 0 Å². The highest BCUT2D eigenvalue weighted by Gasteiger charge is 2.16. The van der Waals surface area contributed by atoms with Gasteiger partial charge >= 0.3 is 0 Å². The molecule has 1 aliphatic rings. The van der Waals surface area contributed by atoms with E-state index in [-0.39, 0.29) is 5.75 Å². The molecule has 106 valence electrons. The summed E-state index contributed by atoms with van der Waals surface area (Å²) in [6.45, 7) is 2.67. The van der Waals surface area contributed by atoms with Crippen molar-refractivity contribution in [2.75, 3.05) is 6.61 Å². The van der Waals surface area contributed by atoms with Gasteiger partial charge < -0.3 is 4.74 Å². The third-order valence-electron chi connectivity index (χ3n) is 3.83. The molecule has 1 atom stereocenters. The molecule has 0 bridgehead atoms. The highest BCUT2D eigenvalue weighted by molar-refractivity contribution is 5.23. The first kappa shape index (κ1) is 14.3. The molecule has 3 heteroatoms. The second-order valence-electron chi connectivity index (χ2n) is 5.76. The van der Waals surface area contributed by atoms with Gasteiger partial charge in [0.15, 0.2) is 0 Å². The summed E-state index contributed by atoms with van der Waals surface area (Å²) >= 11 is 0. The summed E-state index contributed by atoms with van der Waals surface area (Å²) in [5.41, 5.74) is 0. The van der Waals surface area contributed by atoms with Gasteiger partial charge in [0.1, 0.15) is 17.4 Å². The summed E-state index contributed by atoms with van der Waals surface area (Å²) < 4.78 is 31.5. The lowest BCUT2D eigenvalue weighted by atomic mass is 9.83. The van der Waals surface area contributed by atoms with Gasteiger partial charge in [-0.25, -0.2) is 8.78 Å². The van der Waals surface area contributed by atoms with Crippen LogP contribution >= 0.6 is 0 Å². The zero-order chi connectivity index (χ0) is 13.7. The average molecular weight is 268 g/mol. The average Bonchev–Trinajstić information content (AvgIpc) is 2.36. The van der Waals surface area contributed by atoms with E-state index in [1.807, 2.05) is 0 Å². The Bertz CT molecular complexity index is 379. The molecule has 0 amide bonds. The van der Waals surface area contributed by atoms with E-state index in [1.165, 1.54) is 44.2 Å². The summed E-state index contributed by atoms with van der Waals surface area (Å²) in [6, 6.07) is 3.32. The summed E-state index contributed by atoms with van der Waals surface area (Å²) in [4.78, 5) is 0. The number of benzene rings is 1. The van der Waals surface area contributed by atoms with Gasteiger partial charge in [0.05, 0.1) is 6.61 Å². The van der Waals surface area contributed by atoms with Crippen molar-refractivity contribution in [1.82, 2.24) is 0 Å². The summed E-state index contributed by atoms with van der Waals surface area (Å²) in [5.74, 6) is 0.337. The highest BCUT2D eigenvalue weighted by atomic mass is 19.1. The molecule has 0 aromatic heterocycles. The van der Waals surface area contributed by atoms with Crippen molar-refractivity contribution in [2.24, 2.45) is 11.8 Å². The molecule has 1 saturated carbocycles. The number of hydrogen-bond acceptors (Lipinski definition) is 1. The largest absolute Gasteiger partial charge is 0.493 e. The Hall–Kier alpha value is -1.12. The first-order valence-electron chi connectivity index (χ1n) is 7.22. The molecule has 1 aromatic carbocycles. The van der Waals surface area contributed by atoms with Crippen molar-refractivity contribution in [3.63, 3.8) is 0 Å². The molecule has 0 spiro atoms. The van der Waals surface area contributed by atoms with Crippen molar-refractivity contribution >= 4 is 0 Å². The Balaban J connectivity index is 1.77. The summed E-state index contributed by atoms with van der Waals surface area (Å²) in [6.07, 6.45) is 7.83. The van der Waals surface area contributed by atoms with Gasteiger partial charge in [-0.1, -0.05) is 39.0 Å². The molecule has 0 N–H and O–H groups in total. The fourth-order valence-corrected chi connectivity index (χ4v) is 2.91. The Labute approximate surface area is 114 Å². The van der Waals surface area contributed by atoms with Crippen LogP contribution in [0.3, 0.4) is 0 Å². The third kappa shape index (κ3) is 4.81. The molecule has 0 saturated heterocycles. The molecule has 19 heavy (non-hydrogen) atoms. The lowest BCUT2D eigenvalue weighted by molar-refractivity contribution is 0.212. The van der Waals surface area contributed by atoms with Crippen molar-refractivity contribution in [3.05, 3.63) is 29.8 Å². The maximum atomic E-state index is 13.0. The third-order valence-corrected chi connectivity index (χ3v) is 3.83. The van der Waals surface area contributed by atoms with Crippen LogP contribution in [0, 0.1) is 23.5 Å². The molecule has 1 nitrogen and oxygen atoms in total. The van der Waals surface area contributed by atoms with Gasteiger partial charge in [-0.3, -0.25) is 0 Å². The van der Waals surface area contributed by atoms with Crippen LogP contribution in [0.1, 0.15) is 45.4 Å². The van der Waals surface area contributed by atoms with Gasteiger partial charge in [-0.2, -0.15) is 0 Å². The van der Waals surface area contributed by atoms with E-state index in [1.54, 1.807) is 0 Å². The fourth-order valence-electron chi connectivity index (χ4n) is 2.91. The molecule has 1 aliphatic carbocycles. The Kier molecular flexibility index (Phi) is 5.17. The van der Waals surface area contributed by atoms with E-state index in [2.05, 4.69) is 6.92 Å². The molecular formula is C16H22F2O. The molecule has 0 heterocycles. The van der Waals surface area contributed by atoms with E-state index in [0.29, 0.717) is 12.5 Å². The standard InChI is InChI=1S/C16H22F2O/c1-12(7-13-5-3-2-4-6-13)11-19-16-9-14(17)8-15(18)10-16/h8-10,12-13H,2-7,11H2,1H3. The van der Waals surface area contributed by atoms with E-state index in [4.69, 9.17) is 4.74 Å². The quantitative estimate of drug-likeness (QED) is 0.734. The van der Waals surface area contributed by atoms with Crippen LogP contribution in [0.5, 0.6) is 5.75 Å². The van der Waals surface area contributed by atoms with Gasteiger partial charge in [-0.15, -0.1) is 0 Å². The smallest absolute Gasteiger partial charge is 0.129 e. The lowest BCUT2D eigenvalue weighted by Crippen LogP contribution is -2.15. The van der Waals surface area contributed by atoms with E-state index in [0.717, 1.165) is 18.4 Å². The molecule has 1 unspecified atom stereocenters. The second kappa shape index (κ2) is 6.88. The normalized spacial score (nSPS) is 18.3. The topological polar surface area (TPSA) is 9.23 Å². The van der Waals surface area contributed by atoms with Crippen LogP contribution in [0.2, 0.25) is 0 Å². The molecule has 1 fully saturated rings. The van der Waals surface area contributed by atoms with E-state index < -0.39 is 11.6 Å². The van der Waals surface area contributed by atoms with Crippen LogP contribution in [-0.2, 0) is 0 Å². The number of ether oxygens (including phenoxy) is 1. The summed E-state index contributed by atoms with van der Waals surface area (Å²) in [7, 11) is 0. The zero-order valence-corrected chi connectivity index (χ0v) is 11.5. The lowest BCUT2D eigenvalue weighted by Gasteiger charge is -2.24. The predicted molar refractivity (Wildman–Crippen MR) is 72.2 cm³/mol. The highest BCUT2D eigenvalue weighted by Crippen LogP contribution is 2.29. The molecule has 0 aliphatic heterocycles. The zero-order valence-electron chi connectivity index (χ0n) is 11.5. The maximum Gasteiger partial charge on any atom is 0.129 e. The number of hydrogen-bond donors (Lipinski definition) is 0. The van der Waals surface area contributed by atoms with Crippen molar-refractivity contribution in [1.29, 1.82) is 0 Å². The van der Waals surface area contributed by atoms with E-state index in [9.17, 15) is 8.78 Å². The monoisotopic (exact) mass is 268 g/mol. The molecule has 0 radical (unpaired) electrons. The first-order valence-corrected chi connectivity index (χ1v) is 7.22. The minimum Gasteiger partial charge on any atom is -0.493 e. The van der Waals surface area contributed by atoms with Crippen LogP contribution < -0.4 is 4.74 Å². The Morgan fingerprint density at radius 1 is 1.11 bits per heavy atom. The van der Waals surface area contributed by atoms with Gasteiger partial charge in [-0.05, 0) is 18.3 Å². The Morgan fingerprint density at radius 3 is 2.37 bits per heavy atom. The van der Waals surface area contributed by atoms with Crippen LogP contribution in [-0.4, -0.2) is 6.61 Å². The van der Waals surface area contributed by atoms with Crippen molar-refractivity contribution in [2.45, 2.75) is 45.4 Å². The predicted octanol–water partition coefficient (Wildman–Crippen LogP) is 4.95. The molecule has 2 rings (SSSR count). The fraction of sp³-hybridized carbons (Fsp3) is 0.625. The van der Waals surface area contributed by atoms with Gasteiger partial charge in [0.25, 0.3) is 0 Å². The Morgan fingerprint density at radius 2 is 1.74 bits per heavy atom. The number of rotatable bonds is 5. The minimum atomic E-state index is -0.588. The van der Waals surface area contributed by atoms with Crippen LogP contribution in [0.4, 0.5) is 8.78 Å².